The monoisotopic (exact) mass is 305 g/mol. The first-order chi connectivity index (χ1) is 7.52. The Morgan fingerprint density at radius 1 is 1.62 bits per heavy atom. The highest BCUT2D eigenvalue weighted by molar-refractivity contribution is 9.10. The fourth-order valence-corrected chi connectivity index (χ4v) is 2.03. The normalized spacial score (nSPS) is 12.2. The third kappa shape index (κ3) is 4.12. The molecule has 1 atom stereocenters. The van der Waals surface area contributed by atoms with Gasteiger partial charge in [0.1, 0.15) is 0 Å². The van der Waals surface area contributed by atoms with Crippen molar-refractivity contribution in [2.24, 2.45) is 0 Å². The molecule has 0 saturated heterocycles. The Kier molecular flexibility index (Phi) is 5.25. The summed E-state index contributed by atoms with van der Waals surface area (Å²) in [5, 5.41) is 12.1. The lowest BCUT2D eigenvalue weighted by Gasteiger charge is -2.11. The van der Waals surface area contributed by atoms with Gasteiger partial charge in [0.15, 0.2) is 0 Å². The Morgan fingerprint density at radius 3 is 2.88 bits per heavy atom. The second-order valence-corrected chi connectivity index (χ2v) is 4.85. The zero-order valence-corrected chi connectivity index (χ0v) is 11.2. The van der Waals surface area contributed by atoms with Crippen molar-refractivity contribution in [1.82, 2.24) is 5.32 Å². The molecule has 1 aromatic carbocycles. The molecule has 1 unspecified atom stereocenters. The number of benzene rings is 1. The maximum atomic E-state index is 11.5. The summed E-state index contributed by atoms with van der Waals surface area (Å²) in [5.74, 6) is -0.121. The fourth-order valence-electron chi connectivity index (χ4n) is 1.21. The van der Waals surface area contributed by atoms with Crippen LogP contribution in [0.3, 0.4) is 0 Å². The molecule has 0 heterocycles. The van der Waals surface area contributed by atoms with Crippen molar-refractivity contribution in [2.75, 3.05) is 6.61 Å². The van der Waals surface area contributed by atoms with Crippen LogP contribution in [0.2, 0.25) is 5.02 Å². The van der Waals surface area contributed by atoms with Gasteiger partial charge in [-0.1, -0.05) is 33.6 Å². The topological polar surface area (TPSA) is 49.3 Å². The summed E-state index contributed by atoms with van der Waals surface area (Å²) in [6, 6.07) is 5.07. The van der Waals surface area contributed by atoms with E-state index >= 15 is 0 Å². The molecule has 0 bridgehead atoms. The van der Waals surface area contributed by atoms with E-state index in [9.17, 15) is 4.79 Å². The van der Waals surface area contributed by atoms with Crippen LogP contribution in [0.5, 0.6) is 0 Å². The number of halogens is 2. The average molecular weight is 307 g/mol. The number of aliphatic hydroxyl groups is 1. The SMILES string of the molecule is CC(CO)NC(=O)Cc1ccc(Cl)cc1Br. The summed E-state index contributed by atoms with van der Waals surface area (Å²) >= 11 is 9.14. The quantitative estimate of drug-likeness (QED) is 0.895. The van der Waals surface area contributed by atoms with E-state index in [2.05, 4.69) is 21.2 Å². The number of nitrogens with one attached hydrogen (secondary N) is 1. The van der Waals surface area contributed by atoms with E-state index in [-0.39, 0.29) is 25.0 Å². The van der Waals surface area contributed by atoms with Crippen LogP contribution >= 0.6 is 27.5 Å². The Balaban J connectivity index is 2.63. The first-order valence-corrected chi connectivity index (χ1v) is 6.04. The van der Waals surface area contributed by atoms with Crippen molar-refractivity contribution >= 4 is 33.4 Å². The molecule has 0 aliphatic carbocycles. The van der Waals surface area contributed by atoms with E-state index in [4.69, 9.17) is 16.7 Å². The van der Waals surface area contributed by atoms with Crippen LogP contribution in [0, 0.1) is 0 Å². The van der Waals surface area contributed by atoms with Crippen LogP contribution in [0.1, 0.15) is 12.5 Å². The Hall–Kier alpha value is -0.580. The van der Waals surface area contributed by atoms with E-state index in [1.807, 2.05) is 0 Å². The Morgan fingerprint density at radius 2 is 2.31 bits per heavy atom. The third-order valence-corrected chi connectivity index (χ3v) is 3.02. The minimum absolute atomic E-state index is 0.0620. The number of carbonyl (C=O) groups is 1. The molecule has 1 amide bonds. The highest BCUT2D eigenvalue weighted by atomic mass is 79.9. The van der Waals surface area contributed by atoms with Gasteiger partial charge >= 0.3 is 0 Å². The second-order valence-electron chi connectivity index (χ2n) is 3.56. The lowest BCUT2D eigenvalue weighted by Crippen LogP contribution is -2.36. The molecule has 5 heteroatoms. The van der Waals surface area contributed by atoms with Gasteiger partial charge in [0.05, 0.1) is 13.0 Å². The molecule has 0 radical (unpaired) electrons. The van der Waals surface area contributed by atoms with Crippen LogP contribution in [0.4, 0.5) is 0 Å². The summed E-state index contributed by atoms with van der Waals surface area (Å²) in [4.78, 5) is 11.5. The number of carbonyl (C=O) groups excluding carboxylic acids is 1. The highest BCUT2D eigenvalue weighted by Crippen LogP contribution is 2.21. The molecule has 0 fully saturated rings. The average Bonchev–Trinajstić information content (AvgIpc) is 2.22. The highest BCUT2D eigenvalue weighted by Gasteiger charge is 2.09. The molecule has 0 spiro atoms. The zero-order valence-electron chi connectivity index (χ0n) is 8.84. The molecular formula is C11H13BrClNO2. The molecule has 0 aromatic heterocycles. The number of rotatable bonds is 4. The fraction of sp³-hybridized carbons (Fsp3) is 0.364. The molecule has 0 saturated carbocycles. The van der Waals surface area contributed by atoms with Crippen molar-refractivity contribution in [2.45, 2.75) is 19.4 Å². The number of aliphatic hydroxyl groups excluding tert-OH is 1. The predicted molar refractivity (Wildman–Crippen MR) is 67.5 cm³/mol. The minimum Gasteiger partial charge on any atom is -0.394 e. The van der Waals surface area contributed by atoms with Crippen LogP contribution in [0.15, 0.2) is 22.7 Å². The van der Waals surface area contributed by atoms with E-state index in [0.29, 0.717) is 5.02 Å². The molecule has 0 aliphatic heterocycles. The van der Waals surface area contributed by atoms with Gasteiger partial charge in [-0.25, -0.2) is 0 Å². The van der Waals surface area contributed by atoms with E-state index in [1.54, 1.807) is 25.1 Å². The van der Waals surface area contributed by atoms with Crippen molar-refractivity contribution in [1.29, 1.82) is 0 Å². The van der Waals surface area contributed by atoms with E-state index in [1.165, 1.54) is 0 Å². The lowest BCUT2D eigenvalue weighted by molar-refractivity contribution is -0.121. The molecule has 1 rings (SSSR count). The van der Waals surface area contributed by atoms with Gasteiger partial charge in [0.25, 0.3) is 0 Å². The van der Waals surface area contributed by atoms with Gasteiger partial charge in [-0.05, 0) is 24.6 Å². The zero-order chi connectivity index (χ0) is 12.1. The lowest BCUT2D eigenvalue weighted by atomic mass is 10.1. The summed E-state index contributed by atoms with van der Waals surface area (Å²) in [6.07, 6.45) is 0.266. The van der Waals surface area contributed by atoms with Gasteiger partial charge in [-0.15, -0.1) is 0 Å². The van der Waals surface area contributed by atoms with Crippen LogP contribution < -0.4 is 5.32 Å². The second kappa shape index (κ2) is 6.23. The van der Waals surface area contributed by atoms with E-state index in [0.717, 1.165) is 10.0 Å². The van der Waals surface area contributed by atoms with Crippen LogP contribution in [-0.4, -0.2) is 23.7 Å². The predicted octanol–water partition coefficient (Wildman–Crippen LogP) is 2.14. The molecule has 3 nitrogen and oxygen atoms in total. The van der Waals surface area contributed by atoms with Crippen LogP contribution in [-0.2, 0) is 11.2 Å². The van der Waals surface area contributed by atoms with E-state index < -0.39 is 0 Å². The van der Waals surface area contributed by atoms with Crippen molar-refractivity contribution < 1.29 is 9.90 Å². The van der Waals surface area contributed by atoms with Gasteiger partial charge in [-0.2, -0.15) is 0 Å². The van der Waals surface area contributed by atoms with Crippen molar-refractivity contribution in [3.05, 3.63) is 33.3 Å². The number of hydrogen-bond donors (Lipinski definition) is 2. The van der Waals surface area contributed by atoms with Crippen LogP contribution in [0.25, 0.3) is 0 Å². The summed E-state index contributed by atoms with van der Waals surface area (Å²) in [6.45, 7) is 1.68. The molecule has 1 aromatic rings. The van der Waals surface area contributed by atoms with Gasteiger partial charge in [0.2, 0.25) is 5.91 Å². The Labute approximate surface area is 108 Å². The molecule has 16 heavy (non-hydrogen) atoms. The van der Waals surface area contributed by atoms with Gasteiger partial charge in [0, 0.05) is 15.5 Å². The van der Waals surface area contributed by atoms with Gasteiger partial charge < -0.3 is 10.4 Å². The molecule has 0 aliphatic rings. The standard InChI is InChI=1S/C11H13BrClNO2/c1-7(6-15)14-11(16)4-8-2-3-9(13)5-10(8)12/h2-3,5,7,15H,4,6H2,1H3,(H,14,16). The summed E-state index contributed by atoms with van der Waals surface area (Å²) in [5.41, 5.74) is 0.868. The third-order valence-electron chi connectivity index (χ3n) is 2.05. The maximum absolute atomic E-state index is 11.5. The summed E-state index contributed by atoms with van der Waals surface area (Å²) in [7, 11) is 0. The van der Waals surface area contributed by atoms with Crippen molar-refractivity contribution in [3.63, 3.8) is 0 Å². The van der Waals surface area contributed by atoms with Crippen molar-refractivity contribution in [3.8, 4) is 0 Å². The first-order valence-electron chi connectivity index (χ1n) is 4.87. The van der Waals surface area contributed by atoms with Gasteiger partial charge in [-0.3, -0.25) is 4.79 Å². The first kappa shape index (κ1) is 13.5. The molecule has 88 valence electrons. The maximum Gasteiger partial charge on any atom is 0.224 e. The molecular weight excluding hydrogens is 293 g/mol. The number of hydrogen-bond acceptors (Lipinski definition) is 2. The largest absolute Gasteiger partial charge is 0.394 e. The minimum atomic E-state index is -0.224. The molecule has 2 N–H and O–H groups in total. The Bertz CT molecular complexity index is 384. The number of amides is 1. The smallest absolute Gasteiger partial charge is 0.224 e. The summed E-state index contributed by atoms with van der Waals surface area (Å²) < 4.78 is 0.812.